The molecule has 1 amide bonds. The molecule has 4 heterocycles. The number of aliphatic imine (C=N–C) groups is 1. The fourth-order valence-corrected chi connectivity index (χ4v) is 5.20. The number of carbonyl (C=O) groups is 1. The van der Waals surface area contributed by atoms with Crippen LogP contribution in [0.1, 0.15) is 81.2 Å². The molecule has 0 aliphatic carbocycles. The molecular formula is C28H39N7O. The monoisotopic (exact) mass is 489 g/mol. The predicted molar refractivity (Wildman–Crippen MR) is 147 cm³/mol. The number of pyridine rings is 2. The number of nitrogens with two attached hydrogens (primary N) is 1. The highest BCUT2D eigenvalue weighted by Crippen LogP contribution is 2.36. The predicted octanol–water partition coefficient (Wildman–Crippen LogP) is 4.44. The van der Waals surface area contributed by atoms with Crippen LogP contribution in [0.3, 0.4) is 0 Å². The highest BCUT2D eigenvalue weighted by Gasteiger charge is 2.37. The zero-order valence-corrected chi connectivity index (χ0v) is 22.5. The average molecular weight is 490 g/mol. The molecule has 2 N–H and O–H groups in total. The second kappa shape index (κ2) is 10.0. The zero-order chi connectivity index (χ0) is 26.2. The molecule has 2 aliphatic rings. The summed E-state index contributed by atoms with van der Waals surface area (Å²) in [6.07, 6.45) is 3.20. The van der Waals surface area contributed by atoms with E-state index in [0.29, 0.717) is 29.7 Å². The molecule has 8 nitrogen and oxygen atoms in total. The molecule has 1 fully saturated rings. The van der Waals surface area contributed by atoms with Crippen LogP contribution in [0.5, 0.6) is 0 Å². The van der Waals surface area contributed by atoms with Crippen molar-refractivity contribution in [1.29, 1.82) is 0 Å². The number of hydrogen-bond donors (Lipinski definition) is 1. The van der Waals surface area contributed by atoms with Crippen molar-refractivity contribution in [3.05, 3.63) is 59.1 Å². The van der Waals surface area contributed by atoms with E-state index < -0.39 is 5.54 Å². The van der Waals surface area contributed by atoms with E-state index in [2.05, 4.69) is 35.2 Å². The highest BCUT2D eigenvalue weighted by molar-refractivity contribution is 6.10. The molecule has 0 radical (unpaired) electrons. The first-order chi connectivity index (χ1) is 17.1. The molecule has 0 unspecified atom stereocenters. The van der Waals surface area contributed by atoms with Crippen LogP contribution in [0.15, 0.2) is 41.5 Å². The van der Waals surface area contributed by atoms with Gasteiger partial charge in [-0.25, -0.2) is 9.97 Å². The van der Waals surface area contributed by atoms with Gasteiger partial charge in [-0.3, -0.25) is 14.7 Å². The fraction of sp³-hybridized carbons (Fsp3) is 0.500. The van der Waals surface area contributed by atoms with Crippen molar-refractivity contribution >= 4 is 23.4 Å². The molecule has 0 aromatic carbocycles. The Hall–Kier alpha value is -3.26. The van der Waals surface area contributed by atoms with E-state index in [0.717, 1.165) is 61.0 Å². The topological polar surface area (TPSA) is 91.0 Å². The Kier molecular flexibility index (Phi) is 7.18. The minimum atomic E-state index is -0.682. The number of aromatic nitrogens is 2. The van der Waals surface area contributed by atoms with Gasteiger partial charge >= 0.3 is 0 Å². The summed E-state index contributed by atoms with van der Waals surface area (Å²) in [5.41, 5.74) is 9.83. The van der Waals surface area contributed by atoms with Gasteiger partial charge in [-0.1, -0.05) is 19.6 Å². The number of amidine groups is 1. The van der Waals surface area contributed by atoms with Crippen LogP contribution in [0, 0.1) is 0 Å². The Bertz CT molecular complexity index is 1200. The minimum Gasteiger partial charge on any atom is -0.354 e. The third-order valence-electron chi connectivity index (χ3n) is 6.98. The fourth-order valence-electron chi connectivity index (χ4n) is 5.20. The van der Waals surface area contributed by atoms with E-state index in [1.54, 1.807) is 11.9 Å². The largest absolute Gasteiger partial charge is 0.354 e. The van der Waals surface area contributed by atoms with Gasteiger partial charge in [0.05, 0.1) is 23.3 Å². The van der Waals surface area contributed by atoms with Crippen molar-refractivity contribution in [2.75, 3.05) is 29.9 Å². The second-order valence-corrected chi connectivity index (χ2v) is 10.5. The summed E-state index contributed by atoms with van der Waals surface area (Å²) in [5, 5.41) is 0. The molecule has 4 rings (SSSR count). The summed E-state index contributed by atoms with van der Waals surface area (Å²) in [6.45, 7) is 16.4. The van der Waals surface area contributed by atoms with Gasteiger partial charge in [0.15, 0.2) is 5.84 Å². The summed E-state index contributed by atoms with van der Waals surface area (Å²) < 4.78 is 0. The molecular weight excluding hydrogens is 450 g/mol. The van der Waals surface area contributed by atoms with Crippen LogP contribution in [0.25, 0.3) is 0 Å². The summed E-state index contributed by atoms with van der Waals surface area (Å²) in [5.74, 6) is 2.09. The maximum Gasteiger partial charge on any atom is 0.260 e. The quantitative estimate of drug-likeness (QED) is 0.457. The lowest BCUT2D eigenvalue weighted by Crippen LogP contribution is -2.34. The van der Waals surface area contributed by atoms with Crippen molar-refractivity contribution < 1.29 is 4.79 Å². The molecule has 2 aliphatic heterocycles. The second-order valence-electron chi connectivity index (χ2n) is 10.5. The molecule has 8 heteroatoms. The minimum absolute atomic E-state index is 0.0732. The average Bonchev–Trinajstić information content (AvgIpc) is 3.41. The Morgan fingerprint density at radius 2 is 2.06 bits per heavy atom. The summed E-state index contributed by atoms with van der Waals surface area (Å²) in [7, 11) is 1.76. The van der Waals surface area contributed by atoms with E-state index in [9.17, 15) is 4.79 Å². The number of amides is 1. The SMILES string of the molecule is C=C(C)N(CCC)C(=NC)c1cccc(N2Cc3c(cc(N4CCC[C@H]4C)nc3C(C)(C)N)C2=O)n1. The standard InChI is InChI=1S/C28H39N7O/c1-8-14-33(18(2)3)26(30-7)22-12-9-13-23(31-22)35-17-21-20(27(35)36)16-24(32-25(21)28(5,6)29)34-15-10-11-19(34)4/h9,12-13,16,19H,2,8,10-11,14-15,17,29H2,1,3-7H3/t19-/m1/s1. The van der Waals surface area contributed by atoms with E-state index >= 15 is 0 Å². The number of carbonyl (C=O) groups excluding carboxylic acids is 1. The zero-order valence-electron chi connectivity index (χ0n) is 22.5. The van der Waals surface area contributed by atoms with E-state index in [-0.39, 0.29) is 5.91 Å². The van der Waals surface area contributed by atoms with Gasteiger partial charge in [0.25, 0.3) is 5.91 Å². The molecule has 2 aromatic heterocycles. The van der Waals surface area contributed by atoms with Gasteiger partial charge in [-0.05, 0) is 65.2 Å². The Morgan fingerprint density at radius 1 is 1.31 bits per heavy atom. The van der Waals surface area contributed by atoms with E-state index in [1.807, 2.05) is 45.0 Å². The number of fused-ring (bicyclic) bond motifs is 1. The van der Waals surface area contributed by atoms with E-state index in [4.69, 9.17) is 15.7 Å². The van der Waals surface area contributed by atoms with Gasteiger partial charge in [0.2, 0.25) is 0 Å². The van der Waals surface area contributed by atoms with Crippen LogP contribution in [0.2, 0.25) is 0 Å². The maximum absolute atomic E-state index is 13.8. The number of hydrogen-bond acceptors (Lipinski definition) is 6. The number of anilines is 2. The van der Waals surface area contributed by atoms with E-state index in [1.165, 1.54) is 0 Å². The lowest BCUT2D eigenvalue weighted by molar-refractivity contribution is 0.0996. The lowest BCUT2D eigenvalue weighted by Gasteiger charge is -2.27. The molecule has 1 saturated heterocycles. The first-order valence-electron chi connectivity index (χ1n) is 12.9. The third kappa shape index (κ3) is 4.74. The van der Waals surface area contributed by atoms with Crippen LogP contribution in [-0.4, -0.2) is 52.8 Å². The van der Waals surface area contributed by atoms with Crippen molar-refractivity contribution in [2.45, 2.75) is 72.0 Å². The molecule has 192 valence electrons. The van der Waals surface area contributed by atoms with Crippen LogP contribution < -0.4 is 15.5 Å². The van der Waals surface area contributed by atoms with Crippen LogP contribution >= 0.6 is 0 Å². The normalized spacial score (nSPS) is 18.1. The Morgan fingerprint density at radius 3 is 2.64 bits per heavy atom. The van der Waals surface area contributed by atoms with Gasteiger partial charge in [-0.2, -0.15) is 0 Å². The van der Waals surface area contributed by atoms with Gasteiger partial charge in [0.1, 0.15) is 17.3 Å². The first kappa shape index (κ1) is 25.8. The molecule has 0 bridgehead atoms. The highest BCUT2D eigenvalue weighted by atomic mass is 16.2. The maximum atomic E-state index is 13.8. The van der Waals surface area contributed by atoms with Crippen molar-refractivity contribution in [3.8, 4) is 0 Å². The molecule has 0 saturated carbocycles. The van der Waals surface area contributed by atoms with Gasteiger partial charge in [-0.15, -0.1) is 0 Å². The van der Waals surface area contributed by atoms with Crippen molar-refractivity contribution in [3.63, 3.8) is 0 Å². The number of allylic oxidation sites excluding steroid dienone is 1. The Labute approximate surface area is 214 Å². The van der Waals surface area contributed by atoms with Crippen molar-refractivity contribution in [2.24, 2.45) is 10.7 Å². The molecule has 36 heavy (non-hydrogen) atoms. The smallest absolute Gasteiger partial charge is 0.260 e. The summed E-state index contributed by atoms with van der Waals surface area (Å²) >= 11 is 0. The van der Waals surface area contributed by atoms with Crippen molar-refractivity contribution in [1.82, 2.24) is 14.9 Å². The van der Waals surface area contributed by atoms with Gasteiger partial charge < -0.3 is 15.5 Å². The summed E-state index contributed by atoms with van der Waals surface area (Å²) in [4.78, 5) is 34.2. The van der Waals surface area contributed by atoms with Crippen LogP contribution in [-0.2, 0) is 12.1 Å². The first-order valence-corrected chi connectivity index (χ1v) is 12.9. The third-order valence-corrected chi connectivity index (χ3v) is 6.98. The number of rotatable bonds is 7. The Balaban J connectivity index is 1.74. The lowest BCUT2D eigenvalue weighted by atomic mass is 9.94. The summed E-state index contributed by atoms with van der Waals surface area (Å²) in [6, 6.07) is 8.05. The molecule has 1 atom stereocenters. The molecule has 2 aromatic rings. The van der Waals surface area contributed by atoms with Gasteiger partial charge in [0, 0.05) is 37.4 Å². The molecule has 0 spiro atoms. The number of nitrogens with zero attached hydrogens (tertiary/aromatic N) is 6. The van der Waals surface area contributed by atoms with Crippen LogP contribution in [0.4, 0.5) is 11.6 Å².